The van der Waals surface area contributed by atoms with Crippen LogP contribution in [0.1, 0.15) is 31.7 Å². The highest BCUT2D eigenvalue weighted by atomic mass is 32.1. The predicted octanol–water partition coefficient (Wildman–Crippen LogP) is 2.07. The molecule has 7 nitrogen and oxygen atoms in total. The summed E-state index contributed by atoms with van der Waals surface area (Å²) in [5, 5.41) is 20.7. The number of amides is 2. The predicted molar refractivity (Wildman–Crippen MR) is 77.0 cm³/mol. The van der Waals surface area contributed by atoms with Gasteiger partial charge in [-0.1, -0.05) is 31.6 Å². The minimum Gasteiger partial charge on any atom is -0.481 e. The number of hydrogen-bond donors (Lipinski definition) is 2. The van der Waals surface area contributed by atoms with Crippen molar-refractivity contribution in [2.24, 2.45) is 5.92 Å². The Bertz CT molecular complexity index is 463. The van der Waals surface area contributed by atoms with Crippen LogP contribution < -0.4 is 5.32 Å². The number of carboxylic acids is 1. The van der Waals surface area contributed by atoms with Crippen molar-refractivity contribution in [1.29, 1.82) is 0 Å². The first kappa shape index (κ1) is 16.4. The molecule has 0 aromatic carbocycles. The van der Waals surface area contributed by atoms with Gasteiger partial charge >= 0.3 is 12.0 Å². The molecule has 0 aliphatic heterocycles. The minimum atomic E-state index is -0.928. The number of nitrogens with zero attached hydrogens (tertiary/aromatic N) is 3. The number of aliphatic carboxylic acids is 1. The Hall–Kier alpha value is -1.70. The van der Waals surface area contributed by atoms with Crippen LogP contribution in [-0.4, -0.2) is 45.8 Å². The summed E-state index contributed by atoms with van der Waals surface area (Å²) in [5.74, 6) is -1.54. The molecule has 0 saturated heterocycles. The van der Waals surface area contributed by atoms with Gasteiger partial charge in [-0.05, 0) is 6.42 Å². The topological polar surface area (TPSA) is 95.4 Å². The van der Waals surface area contributed by atoms with Gasteiger partial charge in [0.1, 0.15) is 5.01 Å². The summed E-state index contributed by atoms with van der Waals surface area (Å²) in [4.78, 5) is 23.9. The van der Waals surface area contributed by atoms with E-state index in [1.807, 2.05) is 0 Å². The van der Waals surface area contributed by atoms with E-state index in [1.165, 1.54) is 16.2 Å². The normalized spacial score (nSPS) is 11.9. The number of urea groups is 1. The molecule has 0 bridgehead atoms. The van der Waals surface area contributed by atoms with Gasteiger partial charge < -0.3 is 10.0 Å². The number of unbranched alkanes of at least 4 members (excludes halogenated alkanes) is 1. The lowest BCUT2D eigenvalue weighted by Crippen LogP contribution is -2.36. The summed E-state index contributed by atoms with van der Waals surface area (Å²) in [6, 6.07) is -0.378. The number of rotatable bonds is 7. The van der Waals surface area contributed by atoms with Gasteiger partial charge in [0.05, 0.1) is 5.92 Å². The van der Waals surface area contributed by atoms with Crippen molar-refractivity contribution in [2.75, 3.05) is 18.9 Å². The fourth-order valence-electron chi connectivity index (χ4n) is 1.49. The molecule has 8 heteroatoms. The number of aromatic nitrogens is 2. The zero-order valence-corrected chi connectivity index (χ0v) is 12.7. The first-order valence-corrected chi connectivity index (χ1v) is 7.33. The molecule has 0 saturated carbocycles. The molecule has 0 spiro atoms. The Balaban J connectivity index is 2.48. The van der Waals surface area contributed by atoms with Crippen LogP contribution in [0.4, 0.5) is 9.93 Å². The van der Waals surface area contributed by atoms with E-state index in [2.05, 4.69) is 22.4 Å². The van der Waals surface area contributed by atoms with E-state index in [-0.39, 0.29) is 12.6 Å². The average Bonchev–Trinajstić information content (AvgIpc) is 2.83. The maximum absolute atomic E-state index is 11.9. The third-order valence-electron chi connectivity index (χ3n) is 2.74. The smallest absolute Gasteiger partial charge is 0.323 e. The van der Waals surface area contributed by atoms with Crippen LogP contribution >= 0.6 is 11.3 Å². The van der Waals surface area contributed by atoms with Gasteiger partial charge in [0, 0.05) is 20.0 Å². The van der Waals surface area contributed by atoms with Crippen LogP contribution in [0.5, 0.6) is 0 Å². The summed E-state index contributed by atoms with van der Waals surface area (Å²) in [5.41, 5.74) is 0. The van der Waals surface area contributed by atoms with E-state index in [0.717, 1.165) is 24.3 Å². The molecule has 20 heavy (non-hydrogen) atoms. The second kappa shape index (κ2) is 7.78. The summed E-state index contributed by atoms with van der Waals surface area (Å²) in [6.45, 7) is 3.80. The second-order valence-electron chi connectivity index (χ2n) is 4.65. The lowest BCUT2D eigenvalue weighted by atomic mass is 10.2. The molecule has 1 unspecified atom stereocenters. The molecule has 0 aliphatic carbocycles. The molecule has 2 N–H and O–H groups in total. The number of anilines is 1. The quantitative estimate of drug-likeness (QED) is 0.803. The van der Waals surface area contributed by atoms with Crippen LogP contribution in [0.3, 0.4) is 0 Å². The van der Waals surface area contributed by atoms with E-state index < -0.39 is 11.9 Å². The number of hydrogen-bond acceptors (Lipinski definition) is 5. The zero-order chi connectivity index (χ0) is 15.1. The third kappa shape index (κ3) is 5.12. The van der Waals surface area contributed by atoms with Crippen molar-refractivity contribution in [3.63, 3.8) is 0 Å². The van der Waals surface area contributed by atoms with E-state index in [0.29, 0.717) is 5.13 Å². The first-order valence-electron chi connectivity index (χ1n) is 6.51. The van der Waals surface area contributed by atoms with Gasteiger partial charge in [-0.15, -0.1) is 10.2 Å². The van der Waals surface area contributed by atoms with Crippen LogP contribution in [0.15, 0.2) is 0 Å². The highest BCUT2D eigenvalue weighted by Crippen LogP contribution is 2.17. The number of carbonyl (C=O) groups excluding carboxylic acids is 1. The Morgan fingerprint density at radius 3 is 2.75 bits per heavy atom. The van der Waals surface area contributed by atoms with Crippen molar-refractivity contribution in [2.45, 2.75) is 33.1 Å². The van der Waals surface area contributed by atoms with Crippen LogP contribution in [0, 0.1) is 5.92 Å². The van der Waals surface area contributed by atoms with Crippen LogP contribution in [-0.2, 0) is 11.2 Å². The van der Waals surface area contributed by atoms with Crippen molar-refractivity contribution in [3.8, 4) is 0 Å². The molecule has 1 aromatic rings. The third-order valence-corrected chi connectivity index (χ3v) is 3.64. The first-order chi connectivity index (χ1) is 9.43. The monoisotopic (exact) mass is 300 g/mol. The Kier molecular flexibility index (Phi) is 6.37. The zero-order valence-electron chi connectivity index (χ0n) is 11.9. The molecular weight excluding hydrogens is 280 g/mol. The lowest BCUT2D eigenvalue weighted by molar-refractivity contribution is -0.141. The van der Waals surface area contributed by atoms with Crippen molar-refractivity contribution in [3.05, 3.63) is 5.01 Å². The Morgan fingerprint density at radius 2 is 2.15 bits per heavy atom. The summed E-state index contributed by atoms with van der Waals surface area (Å²) >= 11 is 1.35. The molecule has 1 aromatic heterocycles. The molecule has 1 rings (SSSR count). The van der Waals surface area contributed by atoms with Gasteiger partial charge in [-0.2, -0.15) is 0 Å². The standard InChI is InChI=1S/C12H20N4O3S/c1-4-5-6-9-14-15-11(20-9)13-12(19)16(3)7-8(2)10(17)18/h8H,4-7H2,1-3H3,(H,17,18)(H,13,15,19). The number of nitrogens with one attached hydrogen (secondary N) is 1. The van der Waals surface area contributed by atoms with E-state index in [9.17, 15) is 9.59 Å². The average molecular weight is 300 g/mol. The van der Waals surface area contributed by atoms with Gasteiger partial charge in [0.25, 0.3) is 0 Å². The molecule has 1 heterocycles. The van der Waals surface area contributed by atoms with Gasteiger partial charge in [-0.3, -0.25) is 10.1 Å². The molecule has 112 valence electrons. The highest BCUT2D eigenvalue weighted by molar-refractivity contribution is 7.15. The highest BCUT2D eigenvalue weighted by Gasteiger charge is 2.18. The fraction of sp³-hybridized carbons (Fsp3) is 0.667. The molecular formula is C12H20N4O3S. The van der Waals surface area contributed by atoms with Crippen LogP contribution in [0.25, 0.3) is 0 Å². The van der Waals surface area contributed by atoms with Crippen molar-refractivity contribution < 1.29 is 14.7 Å². The van der Waals surface area contributed by atoms with Gasteiger partial charge in [0.15, 0.2) is 0 Å². The van der Waals surface area contributed by atoms with Crippen molar-refractivity contribution in [1.82, 2.24) is 15.1 Å². The fourth-order valence-corrected chi connectivity index (χ4v) is 2.26. The largest absolute Gasteiger partial charge is 0.481 e. The Morgan fingerprint density at radius 1 is 1.45 bits per heavy atom. The summed E-state index contributed by atoms with van der Waals surface area (Å²) in [6.07, 6.45) is 2.98. The molecule has 0 aliphatic rings. The number of aryl methyl sites for hydroxylation is 1. The van der Waals surface area contributed by atoms with E-state index in [4.69, 9.17) is 5.11 Å². The lowest BCUT2D eigenvalue weighted by Gasteiger charge is -2.18. The van der Waals surface area contributed by atoms with E-state index >= 15 is 0 Å². The second-order valence-corrected chi connectivity index (χ2v) is 5.72. The van der Waals surface area contributed by atoms with Gasteiger partial charge in [0.2, 0.25) is 5.13 Å². The molecule has 0 fully saturated rings. The van der Waals surface area contributed by atoms with Gasteiger partial charge in [-0.25, -0.2) is 4.79 Å². The van der Waals surface area contributed by atoms with Crippen LogP contribution in [0.2, 0.25) is 0 Å². The molecule has 2 amide bonds. The van der Waals surface area contributed by atoms with E-state index in [1.54, 1.807) is 14.0 Å². The SMILES string of the molecule is CCCCc1nnc(NC(=O)N(C)CC(C)C(=O)O)s1. The number of carboxylic acid groups (broad SMARTS) is 1. The Labute approximate surface area is 122 Å². The van der Waals surface area contributed by atoms with Crippen molar-refractivity contribution >= 4 is 28.5 Å². The summed E-state index contributed by atoms with van der Waals surface area (Å²) in [7, 11) is 1.55. The number of carbonyl (C=O) groups is 2. The molecule has 1 atom stereocenters. The molecule has 0 radical (unpaired) electrons. The maximum atomic E-state index is 11.9. The maximum Gasteiger partial charge on any atom is 0.323 e. The summed E-state index contributed by atoms with van der Waals surface area (Å²) < 4.78 is 0. The minimum absolute atomic E-state index is 0.142.